The number of terminal acetylenes is 1. The SMILES string of the molecule is C#Cc1cccc(C2C(C(=O)Nc3ccc(-c4n[nH]c(=O)cc4O)cc3)=C(C)N=C(C)C2C(=O)NC(C)CC)c1. The zero-order valence-corrected chi connectivity index (χ0v) is 22.8. The van der Waals surface area contributed by atoms with Gasteiger partial charge in [-0.15, -0.1) is 6.42 Å². The van der Waals surface area contributed by atoms with E-state index >= 15 is 0 Å². The molecular weight excluding hydrogens is 506 g/mol. The highest BCUT2D eigenvalue weighted by Crippen LogP contribution is 2.40. The van der Waals surface area contributed by atoms with Crippen molar-refractivity contribution in [3.63, 3.8) is 0 Å². The number of aromatic nitrogens is 2. The van der Waals surface area contributed by atoms with E-state index in [4.69, 9.17) is 6.42 Å². The maximum Gasteiger partial charge on any atom is 0.267 e. The molecule has 2 heterocycles. The Labute approximate surface area is 232 Å². The van der Waals surface area contributed by atoms with E-state index in [0.717, 1.165) is 18.1 Å². The molecule has 3 atom stereocenters. The second kappa shape index (κ2) is 11.8. The van der Waals surface area contributed by atoms with Crippen LogP contribution >= 0.6 is 0 Å². The van der Waals surface area contributed by atoms with Gasteiger partial charge in [0.1, 0.15) is 11.4 Å². The number of nitrogens with one attached hydrogen (secondary N) is 3. The van der Waals surface area contributed by atoms with Gasteiger partial charge in [0.2, 0.25) is 5.91 Å². The number of aromatic hydroxyl groups is 1. The van der Waals surface area contributed by atoms with Gasteiger partial charge in [0.15, 0.2) is 0 Å². The number of hydrogen-bond donors (Lipinski definition) is 4. The van der Waals surface area contributed by atoms with Crippen molar-refractivity contribution in [2.75, 3.05) is 5.32 Å². The molecule has 0 saturated heterocycles. The molecule has 204 valence electrons. The number of carbonyl (C=O) groups is 2. The molecule has 3 unspecified atom stereocenters. The minimum absolute atomic E-state index is 0.0443. The van der Waals surface area contributed by atoms with Crippen molar-refractivity contribution in [1.29, 1.82) is 0 Å². The monoisotopic (exact) mass is 537 g/mol. The summed E-state index contributed by atoms with van der Waals surface area (Å²) in [7, 11) is 0. The molecule has 1 aromatic heterocycles. The fourth-order valence-electron chi connectivity index (χ4n) is 4.80. The number of aromatic amines is 1. The molecular formula is C31H31N5O4. The van der Waals surface area contributed by atoms with Crippen LogP contribution in [0, 0.1) is 18.3 Å². The number of carbonyl (C=O) groups excluding carboxylic acids is 2. The summed E-state index contributed by atoms with van der Waals surface area (Å²) in [5, 5.41) is 22.2. The van der Waals surface area contributed by atoms with E-state index in [1.807, 2.05) is 32.0 Å². The van der Waals surface area contributed by atoms with Gasteiger partial charge in [-0.3, -0.25) is 19.4 Å². The maximum atomic E-state index is 13.8. The van der Waals surface area contributed by atoms with Gasteiger partial charge in [-0.2, -0.15) is 5.10 Å². The first-order valence-corrected chi connectivity index (χ1v) is 13.0. The average Bonchev–Trinajstić information content (AvgIpc) is 2.93. The minimum atomic E-state index is -0.705. The van der Waals surface area contributed by atoms with Gasteiger partial charge in [0.05, 0.1) is 5.92 Å². The number of anilines is 1. The molecule has 4 N–H and O–H groups in total. The number of rotatable bonds is 7. The van der Waals surface area contributed by atoms with Crippen molar-refractivity contribution in [2.45, 2.75) is 46.1 Å². The van der Waals surface area contributed by atoms with E-state index in [1.54, 1.807) is 44.2 Å². The first-order valence-electron chi connectivity index (χ1n) is 13.0. The largest absolute Gasteiger partial charge is 0.505 e. The summed E-state index contributed by atoms with van der Waals surface area (Å²) >= 11 is 0. The normalized spacial score (nSPS) is 17.4. The van der Waals surface area contributed by atoms with Gasteiger partial charge in [0, 0.05) is 51.8 Å². The summed E-state index contributed by atoms with van der Waals surface area (Å²) < 4.78 is 0. The standard InChI is InChI=1S/C31H31N5O4/c1-6-17(3)32-30(39)26-18(4)33-19(5)27(28(26)22-10-8-9-20(7-2)15-22)31(40)34-23-13-11-21(12-14-23)29-24(37)16-25(38)35-36-29/h2,8-17,26,28H,6H2,1,3-5H3,(H,32,39)(H,34,40)(H2,35,37,38). The Balaban J connectivity index is 1.70. The number of benzene rings is 2. The van der Waals surface area contributed by atoms with Crippen molar-refractivity contribution >= 4 is 23.2 Å². The molecule has 9 heteroatoms. The summed E-state index contributed by atoms with van der Waals surface area (Å²) in [4.78, 5) is 43.3. The van der Waals surface area contributed by atoms with Crippen LogP contribution in [0.1, 0.15) is 51.2 Å². The third-order valence-corrected chi connectivity index (χ3v) is 6.97. The highest BCUT2D eigenvalue weighted by Gasteiger charge is 2.41. The molecule has 0 bridgehead atoms. The molecule has 0 spiro atoms. The van der Waals surface area contributed by atoms with Crippen molar-refractivity contribution in [3.05, 3.63) is 87.3 Å². The van der Waals surface area contributed by atoms with Crippen LogP contribution in [0.2, 0.25) is 0 Å². The highest BCUT2D eigenvalue weighted by atomic mass is 16.3. The van der Waals surface area contributed by atoms with Gasteiger partial charge >= 0.3 is 0 Å². The summed E-state index contributed by atoms with van der Waals surface area (Å²) in [6.45, 7) is 7.48. The third-order valence-electron chi connectivity index (χ3n) is 6.97. The van der Waals surface area contributed by atoms with Gasteiger partial charge in [-0.05, 0) is 57.0 Å². The number of amides is 2. The summed E-state index contributed by atoms with van der Waals surface area (Å²) in [6.07, 6.45) is 6.43. The van der Waals surface area contributed by atoms with Crippen molar-refractivity contribution < 1.29 is 14.7 Å². The quantitative estimate of drug-likeness (QED) is 0.336. The Kier molecular flexibility index (Phi) is 8.29. The topological polar surface area (TPSA) is 137 Å². The second-order valence-electron chi connectivity index (χ2n) is 9.79. The zero-order valence-electron chi connectivity index (χ0n) is 22.8. The van der Waals surface area contributed by atoms with E-state index in [9.17, 15) is 19.5 Å². The fourth-order valence-corrected chi connectivity index (χ4v) is 4.80. The van der Waals surface area contributed by atoms with Crippen LogP contribution in [0.25, 0.3) is 11.3 Å². The highest BCUT2D eigenvalue weighted by molar-refractivity contribution is 6.12. The first kappa shape index (κ1) is 28.0. The van der Waals surface area contributed by atoms with E-state index in [0.29, 0.717) is 33.8 Å². The maximum absolute atomic E-state index is 13.8. The number of hydrogen-bond acceptors (Lipinski definition) is 6. The molecule has 9 nitrogen and oxygen atoms in total. The minimum Gasteiger partial charge on any atom is -0.505 e. The van der Waals surface area contributed by atoms with Crippen LogP contribution in [0.15, 0.2) is 75.7 Å². The fraction of sp³-hybridized carbons (Fsp3) is 0.258. The molecule has 1 aliphatic heterocycles. The van der Waals surface area contributed by atoms with Crippen molar-refractivity contribution in [2.24, 2.45) is 10.9 Å². The Morgan fingerprint density at radius 3 is 2.52 bits per heavy atom. The van der Waals surface area contributed by atoms with Crippen LogP contribution < -0.4 is 16.2 Å². The molecule has 2 amide bonds. The molecule has 0 fully saturated rings. The predicted molar refractivity (Wildman–Crippen MR) is 155 cm³/mol. The first-order chi connectivity index (χ1) is 19.1. The lowest BCUT2D eigenvalue weighted by Gasteiger charge is -2.33. The molecule has 4 rings (SSSR count). The van der Waals surface area contributed by atoms with Crippen molar-refractivity contribution in [3.8, 4) is 29.4 Å². The summed E-state index contributed by atoms with van der Waals surface area (Å²) in [6, 6.07) is 15.0. The van der Waals surface area contributed by atoms with Crippen LogP contribution in [0.5, 0.6) is 5.75 Å². The van der Waals surface area contributed by atoms with Gasteiger partial charge in [0.25, 0.3) is 11.5 Å². The predicted octanol–water partition coefficient (Wildman–Crippen LogP) is 4.13. The van der Waals surface area contributed by atoms with Gasteiger partial charge in [-0.25, -0.2) is 5.10 Å². The van der Waals surface area contributed by atoms with E-state index < -0.39 is 23.3 Å². The molecule has 2 aromatic carbocycles. The van der Waals surface area contributed by atoms with Gasteiger partial charge in [-0.1, -0.05) is 37.1 Å². The lowest BCUT2D eigenvalue weighted by atomic mass is 9.74. The lowest BCUT2D eigenvalue weighted by Crippen LogP contribution is -2.44. The Bertz CT molecular complexity index is 1610. The molecule has 0 aliphatic carbocycles. The molecule has 0 radical (unpaired) electrons. The molecule has 3 aromatic rings. The summed E-state index contributed by atoms with van der Waals surface area (Å²) in [5.41, 5.74) is 3.61. The smallest absolute Gasteiger partial charge is 0.267 e. The van der Waals surface area contributed by atoms with Crippen LogP contribution in [-0.2, 0) is 9.59 Å². The molecule has 0 saturated carbocycles. The van der Waals surface area contributed by atoms with Gasteiger partial charge < -0.3 is 15.7 Å². The average molecular weight is 538 g/mol. The molecule has 1 aliphatic rings. The number of nitrogens with zero attached hydrogens (tertiary/aromatic N) is 2. The zero-order chi connectivity index (χ0) is 29.0. The number of allylic oxidation sites excluding steroid dienone is 1. The van der Waals surface area contributed by atoms with Crippen LogP contribution in [0.3, 0.4) is 0 Å². The van der Waals surface area contributed by atoms with Crippen LogP contribution in [-0.4, -0.2) is 38.9 Å². The number of H-pyrrole nitrogens is 1. The second-order valence-corrected chi connectivity index (χ2v) is 9.79. The van der Waals surface area contributed by atoms with E-state index in [1.165, 1.54) is 0 Å². The Hall–Kier alpha value is -4.97. The van der Waals surface area contributed by atoms with E-state index in [-0.39, 0.29) is 23.4 Å². The van der Waals surface area contributed by atoms with Crippen molar-refractivity contribution in [1.82, 2.24) is 15.5 Å². The Morgan fingerprint density at radius 1 is 1.15 bits per heavy atom. The molecule has 40 heavy (non-hydrogen) atoms. The number of aliphatic imine (C=N–C) groups is 1. The Morgan fingerprint density at radius 2 is 1.88 bits per heavy atom. The van der Waals surface area contributed by atoms with E-state index in [2.05, 4.69) is 31.7 Å². The summed E-state index contributed by atoms with van der Waals surface area (Å²) in [5.74, 6) is 0.455. The van der Waals surface area contributed by atoms with Crippen LogP contribution in [0.4, 0.5) is 5.69 Å². The third kappa shape index (κ3) is 5.86. The lowest BCUT2D eigenvalue weighted by molar-refractivity contribution is -0.124.